The molecule has 0 bridgehead atoms. The maximum absolute atomic E-state index is 11.4. The zero-order valence-electron chi connectivity index (χ0n) is 8.93. The van der Waals surface area contributed by atoms with Gasteiger partial charge >= 0.3 is 12.0 Å². The molecule has 0 saturated heterocycles. The van der Waals surface area contributed by atoms with E-state index in [9.17, 15) is 9.59 Å². The highest BCUT2D eigenvalue weighted by Gasteiger charge is 2.20. The van der Waals surface area contributed by atoms with E-state index in [-0.39, 0.29) is 0 Å². The van der Waals surface area contributed by atoms with Gasteiger partial charge in [-0.15, -0.1) is 11.3 Å². The maximum Gasteiger partial charge on any atom is 0.321 e. The predicted octanol–water partition coefficient (Wildman–Crippen LogP) is 1.37. The summed E-state index contributed by atoms with van der Waals surface area (Å²) in [6.45, 7) is 3.18. The van der Waals surface area contributed by atoms with Crippen molar-refractivity contribution in [2.24, 2.45) is 5.92 Å². The van der Waals surface area contributed by atoms with Crippen LogP contribution in [0.3, 0.4) is 0 Å². The number of carboxylic acid groups (broad SMARTS) is 1. The first-order chi connectivity index (χ1) is 7.50. The number of carbonyl (C=O) groups is 2. The van der Waals surface area contributed by atoms with Crippen LogP contribution in [0.15, 0.2) is 11.6 Å². The summed E-state index contributed by atoms with van der Waals surface area (Å²) < 4.78 is 0. The molecule has 0 radical (unpaired) electrons. The third-order valence-corrected chi connectivity index (χ3v) is 2.84. The summed E-state index contributed by atoms with van der Waals surface area (Å²) in [4.78, 5) is 25.9. The quantitative estimate of drug-likeness (QED) is 0.744. The minimum absolute atomic E-state index is 0.447. The highest BCUT2D eigenvalue weighted by Crippen LogP contribution is 2.10. The lowest BCUT2D eigenvalue weighted by Crippen LogP contribution is -2.42. The third-order valence-electron chi connectivity index (χ3n) is 2.15. The van der Waals surface area contributed by atoms with Gasteiger partial charge in [0.1, 0.15) is 0 Å². The lowest BCUT2D eigenvalue weighted by molar-refractivity contribution is -0.141. The maximum atomic E-state index is 11.4. The van der Waals surface area contributed by atoms with Gasteiger partial charge in [0.2, 0.25) is 0 Å². The second-order valence-electron chi connectivity index (χ2n) is 3.35. The van der Waals surface area contributed by atoms with Crippen molar-refractivity contribution in [2.75, 3.05) is 5.32 Å². The lowest BCUT2D eigenvalue weighted by atomic mass is 10.0. The Morgan fingerprint density at radius 3 is 2.69 bits per heavy atom. The second-order valence-corrected chi connectivity index (χ2v) is 4.25. The van der Waals surface area contributed by atoms with E-state index in [1.54, 1.807) is 18.5 Å². The van der Waals surface area contributed by atoms with Gasteiger partial charge < -0.3 is 10.4 Å². The smallest absolute Gasteiger partial charge is 0.321 e. The summed E-state index contributed by atoms with van der Waals surface area (Å²) in [7, 11) is 0. The number of anilines is 1. The van der Waals surface area contributed by atoms with Gasteiger partial charge in [0.05, 0.1) is 5.92 Å². The molecule has 0 saturated carbocycles. The fourth-order valence-corrected chi connectivity index (χ4v) is 1.49. The zero-order chi connectivity index (χ0) is 12.1. The number of rotatable bonds is 4. The standard InChI is InChI=1S/C9H13N3O3S/c1-5(7(13)14)6(2)11-8(15)12-9-10-3-4-16-9/h3-6H,1-2H3,(H,13,14)(H2,10,11,12,15). The summed E-state index contributed by atoms with van der Waals surface area (Å²) in [5.41, 5.74) is 0. The molecule has 3 N–H and O–H groups in total. The molecule has 2 amide bonds. The van der Waals surface area contributed by atoms with Crippen LogP contribution in [0, 0.1) is 5.92 Å². The van der Waals surface area contributed by atoms with E-state index in [2.05, 4.69) is 15.6 Å². The Balaban J connectivity index is 2.42. The molecule has 2 unspecified atom stereocenters. The Bertz CT molecular complexity index is 366. The van der Waals surface area contributed by atoms with Crippen LogP contribution in [0.2, 0.25) is 0 Å². The fraction of sp³-hybridized carbons (Fsp3) is 0.444. The van der Waals surface area contributed by atoms with Crippen molar-refractivity contribution in [1.82, 2.24) is 10.3 Å². The Morgan fingerprint density at radius 2 is 2.19 bits per heavy atom. The van der Waals surface area contributed by atoms with Crippen LogP contribution < -0.4 is 10.6 Å². The molecule has 1 aromatic rings. The molecule has 0 spiro atoms. The monoisotopic (exact) mass is 243 g/mol. The van der Waals surface area contributed by atoms with Crippen LogP contribution in [0.1, 0.15) is 13.8 Å². The summed E-state index contributed by atoms with van der Waals surface area (Å²) in [5.74, 6) is -1.58. The molecule has 0 aromatic carbocycles. The number of carboxylic acids is 1. The predicted molar refractivity (Wildman–Crippen MR) is 60.5 cm³/mol. The first-order valence-corrected chi connectivity index (χ1v) is 5.58. The number of nitrogens with zero attached hydrogens (tertiary/aromatic N) is 1. The van der Waals surface area contributed by atoms with Crippen molar-refractivity contribution in [2.45, 2.75) is 19.9 Å². The largest absolute Gasteiger partial charge is 0.481 e. The molecule has 6 nitrogen and oxygen atoms in total. The highest BCUT2D eigenvalue weighted by molar-refractivity contribution is 7.13. The number of urea groups is 1. The van der Waals surface area contributed by atoms with Gasteiger partial charge in [0.25, 0.3) is 0 Å². The van der Waals surface area contributed by atoms with Gasteiger partial charge in [-0.25, -0.2) is 9.78 Å². The number of nitrogens with one attached hydrogen (secondary N) is 2. The molecule has 0 aliphatic rings. The SMILES string of the molecule is CC(NC(=O)Nc1nccs1)C(C)C(=O)O. The summed E-state index contributed by atoms with van der Waals surface area (Å²) in [5, 5.41) is 16.0. The van der Waals surface area contributed by atoms with Gasteiger partial charge in [0, 0.05) is 17.6 Å². The average molecular weight is 243 g/mol. The molecule has 1 rings (SSSR count). The van der Waals surface area contributed by atoms with Gasteiger partial charge in [-0.1, -0.05) is 0 Å². The number of hydrogen-bond acceptors (Lipinski definition) is 4. The Hall–Kier alpha value is -1.63. The molecule has 1 heterocycles. The molecule has 0 aliphatic carbocycles. The third kappa shape index (κ3) is 3.50. The Labute approximate surface area is 96.7 Å². The minimum atomic E-state index is -0.943. The highest BCUT2D eigenvalue weighted by atomic mass is 32.1. The van der Waals surface area contributed by atoms with E-state index in [0.29, 0.717) is 5.13 Å². The number of aliphatic carboxylic acids is 1. The van der Waals surface area contributed by atoms with Crippen molar-refractivity contribution in [3.63, 3.8) is 0 Å². The van der Waals surface area contributed by atoms with E-state index in [1.807, 2.05) is 0 Å². The zero-order valence-corrected chi connectivity index (χ0v) is 9.75. The molecule has 0 fully saturated rings. The van der Waals surface area contributed by atoms with Crippen LogP contribution in [0.25, 0.3) is 0 Å². The molecule has 88 valence electrons. The van der Waals surface area contributed by atoms with Gasteiger partial charge in [-0.2, -0.15) is 0 Å². The first kappa shape index (κ1) is 12.4. The van der Waals surface area contributed by atoms with Crippen molar-refractivity contribution in [3.8, 4) is 0 Å². The number of hydrogen-bond donors (Lipinski definition) is 3. The molecule has 2 atom stereocenters. The van der Waals surface area contributed by atoms with Crippen LogP contribution in [-0.2, 0) is 4.79 Å². The molecule has 0 aliphatic heterocycles. The molecular weight excluding hydrogens is 230 g/mol. The molecule has 7 heteroatoms. The Morgan fingerprint density at radius 1 is 1.50 bits per heavy atom. The van der Waals surface area contributed by atoms with Gasteiger partial charge in [-0.05, 0) is 13.8 Å². The van der Waals surface area contributed by atoms with Crippen molar-refractivity contribution < 1.29 is 14.7 Å². The number of thiazole rings is 1. The van der Waals surface area contributed by atoms with Gasteiger partial charge in [-0.3, -0.25) is 10.1 Å². The number of carbonyl (C=O) groups excluding carboxylic acids is 1. The molecule has 16 heavy (non-hydrogen) atoms. The lowest BCUT2D eigenvalue weighted by Gasteiger charge is -2.17. The summed E-state index contributed by atoms with van der Waals surface area (Å²) in [6.07, 6.45) is 1.57. The van der Waals surface area contributed by atoms with E-state index in [0.717, 1.165) is 0 Å². The number of amides is 2. The van der Waals surface area contributed by atoms with Crippen molar-refractivity contribution in [3.05, 3.63) is 11.6 Å². The minimum Gasteiger partial charge on any atom is -0.481 e. The Kier molecular flexibility index (Phi) is 4.24. The average Bonchev–Trinajstić information content (AvgIpc) is 2.68. The van der Waals surface area contributed by atoms with E-state index >= 15 is 0 Å². The van der Waals surface area contributed by atoms with Gasteiger partial charge in [0.15, 0.2) is 5.13 Å². The van der Waals surface area contributed by atoms with Crippen LogP contribution in [0.5, 0.6) is 0 Å². The van der Waals surface area contributed by atoms with E-state index in [1.165, 1.54) is 18.3 Å². The van der Waals surface area contributed by atoms with Crippen LogP contribution in [-0.4, -0.2) is 28.1 Å². The van der Waals surface area contributed by atoms with Crippen LogP contribution >= 0.6 is 11.3 Å². The second kappa shape index (κ2) is 5.45. The van der Waals surface area contributed by atoms with E-state index in [4.69, 9.17) is 5.11 Å². The van der Waals surface area contributed by atoms with Crippen molar-refractivity contribution in [1.29, 1.82) is 0 Å². The number of aromatic nitrogens is 1. The normalized spacial score (nSPS) is 13.9. The fourth-order valence-electron chi connectivity index (χ4n) is 0.964. The van der Waals surface area contributed by atoms with Crippen LogP contribution in [0.4, 0.5) is 9.93 Å². The molecular formula is C9H13N3O3S. The summed E-state index contributed by atoms with van der Waals surface area (Å²) in [6, 6.07) is -0.895. The first-order valence-electron chi connectivity index (χ1n) is 4.70. The van der Waals surface area contributed by atoms with Crippen molar-refractivity contribution >= 4 is 28.5 Å². The topological polar surface area (TPSA) is 91.3 Å². The van der Waals surface area contributed by atoms with E-state index < -0.39 is 24.0 Å². The summed E-state index contributed by atoms with van der Waals surface area (Å²) >= 11 is 1.29. The molecule has 1 aromatic heterocycles.